The van der Waals surface area contributed by atoms with Crippen LogP contribution in [-0.4, -0.2) is 48.3 Å². The van der Waals surface area contributed by atoms with Crippen LogP contribution in [0.5, 0.6) is 0 Å². The Bertz CT molecular complexity index is 635. The molecule has 1 saturated heterocycles. The summed E-state index contributed by atoms with van der Waals surface area (Å²) >= 11 is 0. The summed E-state index contributed by atoms with van der Waals surface area (Å²) in [5.74, 6) is -0.514. The first-order valence-corrected chi connectivity index (χ1v) is 7.91. The van der Waals surface area contributed by atoms with Gasteiger partial charge in [-0.05, 0) is 12.1 Å². The number of sulfone groups is 1. The van der Waals surface area contributed by atoms with E-state index in [0.717, 1.165) is 18.3 Å². The van der Waals surface area contributed by atoms with Crippen molar-refractivity contribution in [2.75, 3.05) is 18.8 Å². The molecule has 9 heteroatoms. The summed E-state index contributed by atoms with van der Waals surface area (Å²) in [6.45, 7) is 1.66. The van der Waals surface area contributed by atoms with E-state index in [-0.39, 0.29) is 24.4 Å². The molecule has 0 saturated carbocycles. The lowest BCUT2D eigenvalue weighted by atomic mass is 10.1. The molecule has 1 aliphatic heterocycles. The molecule has 2 rings (SSSR count). The Hall–Kier alpha value is -1.64. The van der Waals surface area contributed by atoms with Crippen LogP contribution >= 0.6 is 0 Å². The number of aromatic nitrogens is 1. The molecular formula is C12H13F3N2O3S. The summed E-state index contributed by atoms with van der Waals surface area (Å²) in [5.41, 5.74) is -1.07. The van der Waals surface area contributed by atoms with Crippen molar-refractivity contribution in [3.63, 3.8) is 0 Å². The third-order valence-electron chi connectivity index (χ3n) is 3.35. The van der Waals surface area contributed by atoms with Crippen molar-refractivity contribution < 1.29 is 26.4 Å². The topological polar surface area (TPSA) is 67.3 Å². The lowest BCUT2D eigenvalue weighted by molar-refractivity contribution is -0.141. The molecule has 0 aromatic carbocycles. The number of hydrogen-bond donors (Lipinski definition) is 0. The summed E-state index contributed by atoms with van der Waals surface area (Å²) in [7, 11) is -3.19. The van der Waals surface area contributed by atoms with Crippen molar-refractivity contribution >= 4 is 15.7 Å². The standard InChI is InChI=1S/C12H13F3N2O3S/c1-2-21(19,20)9-6-17(7-9)11(18)8-3-4-10(16-5-8)12(13,14)15/h3-5,9H,2,6-7H2,1H3. The van der Waals surface area contributed by atoms with Gasteiger partial charge < -0.3 is 4.90 Å². The number of likely N-dealkylation sites (tertiary alicyclic amines) is 1. The average molecular weight is 322 g/mol. The van der Waals surface area contributed by atoms with E-state index in [4.69, 9.17) is 0 Å². The molecule has 1 aromatic heterocycles. The van der Waals surface area contributed by atoms with Gasteiger partial charge in [0.15, 0.2) is 9.84 Å². The average Bonchev–Trinajstić information content (AvgIpc) is 2.35. The fourth-order valence-electron chi connectivity index (χ4n) is 1.94. The van der Waals surface area contributed by atoms with Gasteiger partial charge in [-0.25, -0.2) is 8.42 Å². The zero-order valence-corrected chi connectivity index (χ0v) is 11.9. The first-order valence-electron chi connectivity index (χ1n) is 6.19. The van der Waals surface area contributed by atoms with Crippen molar-refractivity contribution in [2.24, 2.45) is 0 Å². The van der Waals surface area contributed by atoms with Crippen LogP contribution in [0.3, 0.4) is 0 Å². The molecule has 0 N–H and O–H groups in total. The smallest absolute Gasteiger partial charge is 0.336 e. The van der Waals surface area contributed by atoms with E-state index >= 15 is 0 Å². The Kier molecular flexibility index (Phi) is 3.96. The van der Waals surface area contributed by atoms with Gasteiger partial charge in [0.2, 0.25) is 0 Å². The number of pyridine rings is 1. The van der Waals surface area contributed by atoms with Crippen LogP contribution in [0.2, 0.25) is 0 Å². The second kappa shape index (κ2) is 5.28. The summed E-state index contributed by atoms with van der Waals surface area (Å²) < 4.78 is 60.2. The Morgan fingerprint density at radius 3 is 2.43 bits per heavy atom. The van der Waals surface area contributed by atoms with Crippen LogP contribution in [0.4, 0.5) is 13.2 Å². The highest BCUT2D eigenvalue weighted by Gasteiger charge is 2.39. The van der Waals surface area contributed by atoms with Crippen molar-refractivity contribution in [3.05, 3.63) is 29.6 Å². The number of alkyl halides is 3. The van der Waals surface area contributed by atoms with Gasteiger partial charge in [0.25, 0.3) is 5.91 Å². The van der Waals surface area contributed by atoms with E-state index in [2.05, 4.69) is 4.98 Å². The van der Waals surface area contributed by atoms with Gasteiger partial charge in [-0.2, -0.15) is 13.2 Å². The maximum absolute atomic E-state index is 12.4. The number of halogens is 3. The van der Waals surface area contributed by atoms with Crippen LogP contribution < -0.4 is 0 Å². The minimum Gasteiger partial charge on any atom is -0.336 e. The summed E-state index contributed by atoms with van der Waals surface area (Å²) in [4.78, 5) is 16.4. The third kappa shape index (κ3) is 3.17. The van der Waals surface area contributed by atoms with E-state index in [9.17, 15) is 26.4 Å². The fourth-order valence-corrected chi connectivity index (χ4v) is 3.22. The maximum Gasteiger partial charge on any atom is 0.433 e. The van der Waals surface area contributed by atoms with Crippen LogP contribution in [0.15, 0.2) is 18.3 Å². The van der Waals surface area contributed by atoms with Crippen molar-refractivity contribution in [2.45, 2.75) is 18.3 Å². The van der Waals surface area contributed by atoms with Crippen molar-refractivity contribution in [1.82, 2.24) is 9.88 Å². The van der Waals surface area contributed by atoms with Gasteiger partial charge in [-0.3, -0.25) is 9.78 Å². The minimum atomic E-state index is -4.56. The van der Waals surface area contributed by atoms with Gasteiger partial charge in [-0.15, -0.1) is 0 Å². The molecule has 0 aliphatic carbocycles. The highest BCUT2D eigenvalue weighted by Crippen LogP contribution is 2.27. The molecule has 1 aliphatic rings. The zero-order chi connectivity index (χ0) is 15.8. The highest BCUT2D eigenvalue weighted by molar-refractivity contribution is 7.92. The van der Waals surface area contributed by atoms with E-state index in [1.54, 1.807) is 0 Å². The van der Waals surface area contributed by atoms with Crippen LogP contribution in [0, 0.1) is 0 Å². The number of carbonyl (C=O) groups excluding carboxylic acids is 1. The Balaban J connectivity index is 2.03. The highest BCUT2D eigenvalue weighted by atomic mass is 32.2. The van der Waals surface area contributed by atoms with Crippen LogP contribution in [0.25, 0.3) is 0 Å². The number of amides is 1. The molecule has 0 atom stereocenters. The van der Waals surface area contributed by atoms with Crippen molar-refractivity contribution in [3.8, 4) is 0 Å². The molecular weight excluding hydrogens is 309 g/mol. The Morgan fingerprint density at radius 1 is 1.38 bits per heavy atom. The molecule has 21 heavy (non-hydrogen) atoms. The van der Waals surface area contributed by atoms with Gasteiger partial charge in [0.1, 0.15) is 5.69 Å². The Morgan fingerprint density at radius 2 is 2.00 bits per heavy atom. The molecule has 1 fully saturated rings. The minimum absolute atomic E-state index is 0.00152. The normalized spacial score (nSPS) is 16.7. The molecule has 0 radical (unpaired) electrons. The second-order valence-corrected chi connectivity index (χ2v) is 7.28. The number of rotatable bonds is 3. The molecule has 0 spiro atoms. The molecule has 2 heterocycles. The lowest BCUT2D eigenvalue weighted by Gasteiger charge is -2.38. The van der Waals surface area contributed by atoms with Gasteiger partial charge >= 0.3 is 6.18 Å². The zero-order valence-electron chi connectivity index (χ0n) is 11.1. The van der Waals surface area contributed by atoms with E-state index in [1.807, 2.05) is 0 Å². The SMILES string of the molecule is CCS(=O)(=O)C1CN(C(=O)c2ccc(C(F)(F)F)nc2)C1. The molecule has 5 nitrogen and oxygen atoms in total. The van der Waals surface area contributed by atoms with E-state index in [1.165, 1.54) is 11.8 Å². The summed E-state index contributed by atoms with van der Waals surface area (Å²) in [6, 6.07) is 1.77. The predicted octanol–water partition coefficient (Wildman–Crippen LogP) is 1.36. The number of hydrogen-bond acceptors (Lipinski definition) is 4. The molecule has 1 aromatic rings. The molecule has 0 unspecified atom stereocenters. The first kappa shape index (κ1) is 15.7. The first-order chi connectivity index (χ1) is 9.65. The second-order valence-electron chi connectivity index (χ2n) is 4.71. The molecule has 116 valence electrons. The number of carbonyl (C=O) groups is 1. The third-order valence-corrected chi connectivity index (χ3v) is 5.46. The fraction of sp³-hybridized carbons (Fsp3) is 0.500. The van der Waals surface area contributed by atoms with Gasteiger partial charge in [0.05, 0.1) is 10.8 Å². The van der Waals surface area contributed by atoms with Crippen LogP contribution in [-0.2, 0) is 16.0 Å². The van der Waals surface area contributed by atoms with Crippen molar-refractivity contribution in [1.29, 1.82) is 0 Å². The predicted molar refractivity (Wildman–Crippen MR) is 68.4 cm³/mol. The quantitative estimate of drug-likeness (QED) is 0.843. The maximum atomic E-state index is 12.4. The number of nitrogens with zero attached hydrogens (tertiary/aromatic N) is 2. The molecule has 0 bridgehead atoms. The van der Waals surface area contributed by atoms with Gasteiger partial charge in [0, 0.05) is 25.0 Å². The lowest BCUT2D eigenvalue weighted by Crippen LogP contribution is -2.57. The summed E-state index contributed by atoms with van der Waals surface area (Å²) in [6.07, 6.45) is -3.70. The van der Waals surface area contributed by atoms with E-state index < -0.39 is 32.9 Å². The summed E-state index contributed by atoms with van der Waals surface area (Å²) in [5, 5.41) is -0.589. The monoisotopic (exact) mass is 322 g/mol. The largest absolute Gasteiger partial charge is 0.433 e. The van der Waals surface area contributed by atoms with Gasteiger partial charge in [-0.1, -0.05) is 6.92 Å². The van der Waals surface area contributed by atoms with Crippen LogP contribution in [0.1, 0.15) is 23.0 Å². The molecule has 1 amide bonds. The van der Waals surface area contributed by atoms with E-state index in [0.29, 0.717) is 0 Å². The Labute approximate surface area is 119 Å².